The van der Waals surface area contributed by atoms with E-state index in [0.717, 1.165) is 35.4 Å². The van der Waals surface area contributed by atoms with Crippen molar-refractivity contribution in [2.75, 3.05) is 20.8 Å². The van der Waals surface area contributed by atoms with Crippen LogP contribution in [0.1, 0.15) is 19.8 Å². The Morgan fingerprint density at radius 2 is 2.20 bits per heavy atom. The van der Waals surface area contributed by atoms with Crippen LogP contribution >= 0.6 is 15.9 Å². The third kappa shape index (κ3) is 3.27. The molecule has 0 radical (unpaired) electrons. The number of rotatable bonds is 7. The van der Waals surface area contributed by atoms with E-state index in [9.17, 15) is 0 Å². The molecule has 1 aromatic carbocycles. The largest absolute Gasteiger partial charge is 0.493 e. The monoisotopic (exact) mass is 343 g/mol. The van der Waals surface area contributed by atoms with Crippen LogP contribution < -0.4 is 14.8 Å². The Morgan fingerprint density at radius 3 is 2.85 bits per heavy atom. The van der Waals surface area contributed by atoms with Crippen molar-refractivity contribution >= 4 is 15.9 Å². The van der Waals surface area contributed by atoms with E-state index in [1.807, 2.05) is 25.2 Å². The fourth-order valence-corrected chi connectivity index (χ4v) is 2.81. The molecule has 0 spiro atoms. The van der Waals surface area contributed by atoms with Gasteiger partial charge >= 0.3 is 0 Å². The highest BCUT2D eigenvalue weighted by atomic mass is 79.9. The van der Waals surface area contributed by atoms with Gasteiger partial charge in [-0.3, -0.25) is 0 Å². The molecule has 2 rings (SSSR count). The second-order valence-corrected chi connectivity index (χ2v) is 5.75. The predicted molar refractivity (Wildman–Crippen MR) is 82.6 cm³/mol. The first-order chi connectivity index (χ1) is 9.71. The summed E-state index contributed by atoms with van der Waals surface area (Å²) in [6.07, 6.45) is 2.11. The highest BCUT2D eigenvalue weighted by molar-refractivity contribution is 9.10. The Kier molecular flexibility index (Phi) is 5.69. The molecule has 1 aliphatic carbocycles. The van der Waals surface area contributed by atoms with E-state index in [1.165, 1.54) is 0 Å². The maximum atomic E-state index is 6.11. The average Bonchev–Trinajstić information content (AvgIpc) is 2.44. The van der Waals surface area contributed by atoms with Gasteiger partial charge in [-0.05, 0) is 41.5 Å². The number of hydrogen-bond acceptors (Lipinski definition) is 4. The van der Waals surface area contributed by atoms with Gasteiger partial charge in [0.15, 0.2) is 11.5 Å². The van der Waals surface area contributed by atoms with Crippen LogP contribution in [0.25, 0.3) is 0 Å². The summed E-state index contributed by atoms with van der Waals surface area (Å²) in [6.45, 7) is 2.87. The Labute approximate surface area is 128 Å². The van der Waals surface area contributed by atoms with Gasteiger partial charge in [0.25, 0.3) is 0 Å². The van der Waals surface area contributed by atoms with Crippen LogP contribution in [0.4, 0.5) is 0 Å². The van der Waals surface area contributed by atoms with Gasteiger partial charge in [0.2, 0.25) is 0 Å². The Morgan fingerprint density at radius 1 is 1.40 bits per heavy atom. The van der Waals surface area contributed by atoms with Gasteiger partial charge in [0.1, 0.15) is 12.2 Å². The van der Waals surface area contributed by atoms with Gasteiger partial charge in [-0.1, -0.05) is 13.0 Å². The maximum Gasteiger partial charge on any atom is 0.175 e. The second-order valence-electron chi connectivity index (χ2n) is 4.89. The third-order valence-electron chi connectivity index (χ3n) is 3.55. The number of halogens is 1. The summed E-state index contributed by atoms with van der Waals surface area (Å²) in [4.78, 5) is 0. The minimum Gasteiger partial charge on any atom is -0.493 e. The molecule has 0 heterocycles. The molecule has 0 aliphatic heterocycles. The van der Waals surface area contributed by atoms with Crippen molar-refractivity contribution in [1.29, 1.82) is 0 Å². The Hall–Kier alpha value is -0.780. The molecule has 0 saturated heterocycles. The molecule has 1 fully saturated rings. The molecule has 3 unspecified atom stereocenters. The lowest BCUT2D eigenvalue weighted by Gasteiger charge is -2.43. The average molecular weight is 344 g/mol. The number of likely N-dealkylation sites (N-methyl/N-ethyl adjacent to an activating group) is 1. The zero-order valence-electron chi connectivity index (χ0n) is 12.2. The van der Waals surface area contributed by atoms with Crippen LogP contribution in [0.15, 0.2) is 22.7 Å². The van der Waals surface area contributed by atoms with Gasteiger partial charge in [-0.25, -0.2) is 0 Å². The lowest BCUT2D eigenvalue weighted by Crippen LogP contribution is -2.60. The van der Waals surface area contributed by atoms with E-state index in [4.69, 9.17) is 14.2 Å². The summed E-state index contributed by atoms with van der Waals surface area (Å²) in [5.74, 6) is 1.49. The first-order valence-electron chi connectivity index (χ1n) is 6.99. The van der Waals surface area contributed by atoms with Crippen molar-refractivity contribution in [3.05, 3.63) is 22.7 Å². The standard InChI is InChI=1S/C15H22BrNO3/c1-4-8-19-15-11(17-2)9-13(15)20-14-10(16)6-5-7-12(14)18-3/h5-7,11,13,15,17H,4,8-9H2,1-3H3. The molecule has 1 N–H and O–H groups in total. The molecule has 20 heavy (non-hydrogen) atoms. The van der Waals surface area contributed by atoms with E-state index in [1.54, 1.807) is 7.11 Å². The van der Waals surface area contributed by atoms with E-state index in [-0.39, 0.29) is 12.2 Å². The molecular weight excluding hydrogens is 322 g/mol. The molecule has 0 amide bonds. The fourth-order valence-electron chi connectivity index (χ4n) is 2.37. The zero-order chi connectivity index (χ0) is 14.5. The first kappa shape index (κ1) is 15.6. The Bertz CT molecular complexity index is 441. The van der Waals surface area contributed by atoms with Crippen LogP contribution in [0, 0.1) is 0 Å². The maximum absolute atomic E-state index is 6.11. The molecule has 1 aromatic rings. The van der Waals surface area contributed by atoms with Crippen molar-refractivity contribution < 1.29 is 14.2 Å². The van der Waals surface area contributed by atoms with E-state index in [0.29, 0.717) is 6.04 Å². The molecule has 0 bridgehead atoms. The third-order valence-corrected chi connectivity index (χ3v) is 4.18. The quantitative estimate of drug-likeness (QED) is 0.826. The highest BCUT2D eigenvalue weighted by Crippen LogP contribution is 2.39. The summed E-state index contributed by atoms with van der Waals surface area (Å²) < 4.78 is 18.2. The molecule has 0 aromatic heterocycles. The van der Waals surface area contributed by atoms with Crippen molar-refractivity contribution in [2.24, 2.45) is 0 Å². The van der Waals surface area contributed by atoms with Crippen LogP contribution in [-0.2, 0) is 4.74 Å². The number of methoxy groups -OCH3 is 1. The number of para-hydroxylation sites is 1. The van der Waals surface area contributed by atoms with Gasteiger partial charge < -0.3 is 19.5 Å². The number of ether oxygens (including phenoxy) is 3. The number of hydrogen-bond donors (Lipinski definition) is 1. The normalized spacial score (nSPS) is 25.1. The van der Waals surface area contributed by atoms with Crippen LogP contribution in [0.5, 0.6) is 11.5 Å². The predicted octanol–water partition coefficient (Wildman–Crippen LogP) is 2.99. The van der Waals surface area contributed by atoms with Crippen molar-refractivity contribution in [1.82, 2.24) is 5.32 Å². The molecular formula is C15H22BrNO3. The molecule has 4 nitrogen and oxygen atoms in total. The van der Waals surface area contributed by atoms with Crippen LogP contribution in [0.2, 0.25) is 0 Å². The smallest absolute Gasteiger partial charge is 0.175 e. The minimum absolute atomic E-state index is 0.0617. The molecule has 112 valence electrons. The molecule has 1 saturated carbocycles. The number of nitrogens with one attached hydrogen (secondary N) is 1. The number of benzene rings is 1. The van der Waals surface area contributed by atoms with Crippen molar-refractivity contribution in [3.63, 3.8) is 0 Å². The van der Waals surface area contributed by atoms with Gasteiger partial charge in [0.05, 0.1) is 11.6 Å². The topological polar surface area (TPSA) is 39.7 Å². The zero-order valence-corrected chi connectivity index (χ0v) is 13.8. The molecule has 3 atom stereocenters. The van der Waals surface area contributed by atoms with Crippen molar-refractivity contribution in [2.45, 2.75) is 38.0 Å². The second kappa shape index (κ2) is 7.29. The van der Waals surface area contributed by atoms with Crippen LogP contribution in [0.3, 0.4) is 0 Å². The van der Waals surface area contributed by atoms with E-state index in [2.05, 4.69) is 28.2 Å². The molecule has 5 heteroatoms. The van der Waals surface area contributed by atoms with Gasteiger partial charge in [0, 0.05) is 19.1 Å². The van der Waals surface area contributed by atoms with Crippen molar-refractivity contribution in [3.8, 4) is 11.5 Å². The fraction of sp³-hybridized carbons (Fsp3) is 0.600. The summed E-state index contributed by atoms with van der Waals surface area (Å²) in [7, 11) is 3.61. The highest BCUT2D eigenvalue weighted by Gasteiger charge is 2.43. The minimum atomic E-state index is 0.0617. The molecule has 1 aliphatic rings. The van der Waals surface area contributed by atoms with Crippen LogP contribution in [-0.4, -0.2) is 39.0 Å². The first-order valence-corrected chi connectivity index (χ1v) is 7.78. The van der Waals surface area contributed by atoms with Gasteiger partial charge in [-0.15, -0.1) is 0 Å². The Balaban J connectivity index is 2.06. The summed E-state index contributed by atoms with van der Waals surface area (Å²) >= 11 is 3.51. The summed E-state index contributed by atoms with van der Waals surface area (Å²) in [5, 5.41) is 3.27. The lowest BCUT2D eigenvalue weighted by atomic mass is 9.85. The van der Waals surface area contributed by atoms with E-state index < -0.39 is 0 Å². The SMILES string of the molecule is CCCOC1C(NC)CC1Oc1c(Br)cccc1OC. The lowest BCUT2D eigenvalue weighted by molar-refractivity contribution is -0.107. The van der Waals surface area contributed by atoms with E-state index >= 15 is 0 Å². The summed E-state index contributed by atoms with van der Waals surface area (Å²) in [6, 6.07) is 6.14. The summed E-state index contributed by atoms with van der Waals surface area (Å²) in [5.41, 5.74) is 0. The van der Waals surface area contributed by atoms with Gasteiger partial charge in [-0.2, -0.15) is 0 Å².